The molecule has 0 radical (unpaired) electrons. The van der Waals surface area contributed by atoms with Crippen LogP contribution in [-0.2, 0) is 13.6 Å². The molecule has 1 N–H and O–H groups in total. The number of carbonyl (C=O) groups excluding carboxylic acids is 1. The van der Waals surface area contributed by atoms with Crippen molar-refractivity contribution in [2.75, 3.05) is 0 Å². The molecule has 0 saturated heterocycles. The van der Waals surface area contributed by atoms with Gasteiger partial charge in [0.2, 0.25) is 0 Å². The zero-order valence-electron chi connectivity index (χ0n) is 13.8. The summed E-state index contributed by atoms with van der Waals surface area (Å²) >= 11 is 2.93. The second-order valence-corrected chi connectivity index (χ2v) is 7.26. The van der Waals surface area contributed by atoms with Gasteiger partial charge in [-0.2, -0.15) is 5.10 Å². The van der Waals surface area contributed by atoms with E-state index in [-0.39, 0.29) is 12.5 Å². The number of hydrogen-bond acceptors (Lipinski definition) is 7. The maximum absolute atomic E-state index is 12.4. The van der Waals surface area contributed by atoms with Crippen LogP contribution >= 0.6 is 22.7 Å². The van der Waals surface area contributed by atoms with Gasteiger partial charge in [0, 0.05) is 36.6 Å². The Hall–Kier alpha value is -2.91. The third-order valence-corrected chi connectivity index (χ3v) is 5.37. The Morgan fingerprint density at radius 3 is 2.92 bits per heavy atom. The van der Waals surface area contributed by atoms with Crippen LogP contribution in [0.5, 0.6) is 0 Å². The van der Waals surface area contributed by atoms with Crippen LogP contribution in [0.2, 0.25) is 0 Å². The van der Waals surface area contributed by atoms with E-state index >= 15 is 0 Å². The van der Waals surface area contributed by atoms with Crippen LogP contribution in [0.25, 0.3) is 21.8 Å². The Bertz CT molecular complexity index is 1040. The normalized spacial score (nSPS) is 10.8. The van der Waals surface area contributed by atoms with Crippen molar-refractivity contribution in [1.82, 2.24) is 30.0 Å². The third-order valence-electron chi connectivity index (χ3n) is 3.64. The fourth-order valence-electron chi connectivity index (χ4n) is 2.44. The van der Waals surface area contributed by atoms with Crippen LogP contribution in [-0.4, -0.2) is 30.6 Å². The van der Waals surface area contributed by atoms with Crippen LogP contribution in [0.4, 0.5) is 0 Å². The molecule has 0 bridgehead atoms. The highest BCUT2D eigenvalue weighted by atomic mass is 32.1. The molecule has 0 unspecified atom stereocenters. The van der Waals surface area contributed by atoms with Gasteiger partial charge in [-0.05, 0) is 11.4 Å². The van der Waals surface area contributed by atoms with E-state index in [0.717, 1.165) is 16.1 Å². The second kappa shape index (κ2) is 7.14. The lowest BCUT2D eigenvalue weighted by atomic mass is 10.2. The smallest absolute Gasteiger partial charge is 0.280 e. The molecule has 0 fully saturated rings. The molecule has 0 spiro atoms. The van der Waals surface area contributed by atoms with E-state index in [2.05, 4.69) is 25.4 Å². The van der Waals surface area contributed by atoms with Crippen molar-refractivity contribution in [3.05, 3.63) is 58.4 Å². The molecule has 130 valence electrons. The number of hydrogen-bond donors (Lipinski definition) is 1. The molecule has 9 heteroatoms. The van der Waals surface area contributed by atoms with Crippen molar-refractivity contribution in [2.24, 2.45) is 7.05 Å². The van der Waals surface area contributed by atoms with Crippen LogP contribution < -0.4 is 5.32 Å². The molecule has 4 heterocycles. The van der Waals surface area contributed by atoms with Crippen LogP contribution in [0.3, 0.4) is 0 Å². The molecule has 0 atom stereocenters. The van der Waals surface area contributed by atoms with Gasteiger partial charge >= 0.3 is 0 Å². The molecule has 0 aliphatic heterocycles. The van der Waals surface area contributed by atoms with Gasteiger partial charge in [0.15, 0.2) is 5.01 Å². The Balaban J connectivity index is 1.49. The van der Waals surface area contributed by atoms with Gasteiger partial charge in [0.05, 0.1) is 34.7 Å². The first-order valence-corrected chi connectivity index (χ1v) is 9.53. The Morgan fingerprint density at radius 1 is 1.27 bits per heavy atom. The first kappa shape index (κ1) is 16.6. The van der Waals surface area contributed by atoms with Crippen LogP contribution in [0.1, 0.15) is 15.5 Å². The number of thiophene rings is 1. The van der Waals surface area contributed by atoms with Crippen molar-refractivity contribution in [2.45, 2.75) is 6.54 Å². The fourth-order valence-corrected chi connectivity index (χ4v) is 3.93. The molecule has 4 aromatic rings. The number of thiazole rings is 1. The van der Waals surface area contributed by atoms with E-state index in [1.54, 1.807) is 34.6 Å². The molecular formula is C17H14N6OS2. The van der Waals surface area contributed by atoms with Gasteiger partial charge in [-0.1, -0.05) is 6.07 Å². The molecule has 0 saturated carbocycles. The highest BCUT2D eigenvalue weighted by Gasteiger charge is 2.15. The van der Waals surface area contributed by atoms with E-state index < -0.39 is 0 Å². The Labute approximate surface area is 157 Å². The van der Waals surface area contributed by atoms with Crippen molar-refractivity contribution >= 4 is 28.6 Å². The Morgan fingerprint density at radius 2 is 2.15 bits per heavy atom. The van der Waals surface area contributed by atoms with Crippen molar-refractivity contribution in [1.29, 1.82) is 0 Å². The van der Waals surface area contributed by atoms with Gasteiger partial charge in [0.1, 0.15) is 0 Å². The quantitative estimate of drug-likeness (QED) is 0.573. The predicted octanol–water partition coefficient (Wildman–Crippen LogP) is 2.99. The minimum absolute atomic E-state index is 0.222. The fraction of sp³-hybridized carbons (Fsp3) is 0.118. The SMILES string of the molecule is Cn1cc(-c2nccnc2CNC(=O)c2nc(-c3cccs3)cs2)cn1. The summed E-state index contributed by atoms with van der Waals surface area (Å²) in [4.78, 5) is 26.6. The number of nitrogens with zero attached hydrogens (tertiary/aromatic N) is 5. The summed E-state index contributed by atoms with van der Waals surface area (Å²) in [6.45, 7) is 0.269. The number of aryl methyl sites for hydroxylation is 1. The monoisotopic (exact) mass is 382 g/mol. The maximum Gasteiger partial charge on any atom is 0.280 e. The van der Waals surface area contributed by atoms with Gasteiger partial charge < -0.3 is 5.32 Å². The molecule has 4 aromatic heterocycles. The lowest BCUT2D eigenvalue weighted by molar-refractivity contribution is 0.0950. The van der Waals surface area contributed by atoms with E-state index in [1.165, 1.54) is 11.3 Å². The topological polar surface area (TPSA) is 85.6 Å². The minimum atomic E-state index is -0.222. The molecule has 1 amide bonds. The highest BCUT2D eigenvalue weighted by Crippen LogP contribution is 2.26. The second-order valence-electron chi connectivity index (χ2n) is 5.45. The summed E-state index contributed by atoms with van der Waals surface area (Å²) in [5.41, 5.74) is 3.08. The maximum atomic E-state index is 12.4. The van der Waals surface area contributed by atoms with E-state index in [0.29, 0.717) is 16.4 Å². The largest absolute Gasteiger partial charge is 0.344 e. The molecule has 0 aliphatic carbocycles. The predicted molar refractivity (Wildman–Crippen MR) is 101 cm³/mol. The number of aromatic nitrogens is 5. The average Bonchev–Trinajstić information content (AvgIpc) is 3.40. The summed E-state index contributed by atoms with van der Waals surface area (Å²) in [7, 11) is 1.84. The molecule has 0 aromatic carbocycles. The first-order chi connectivity index (χ1) is 12.7. The molecule has 26 heavy (non-hydrogen) atoms. The molecule has 0 aliphatic rings. The van der Waals surface area contributed by atoms with E-state index in [1.807, 2.05) is 36.1 Å². The van der Waals surface area contributed by atoms with Crippen molar-refractivity contribution < 1.29 is 4.79 Å². The first-order valence-electron chi connectivity index (χ1n) is 7.77. The summed E-state index contributed by atoms with van der Waals surface area (Å²) in [6, 6.07) is 3.95. The van der Waals surface area contributed by atoms with Gasteiger partial charge in [-0.25, -0.2) is 4.98 Å². The lowest BCUT2D eigenvalue weighted by Gasteiger charge is -2.06. The summed E-state index contributed by atoms with van der Waals surface area (Å²) in [5.74, 6) is -0.222. The number of carbonyl (C=O) groups is 1. The number of rotatable bonds is 5. The van der Waals surface area contributed by atoms with Crippen LogP contribution in [0, 0.1) is 0 Å². The zero-order chi connectivity index (χ0) is 17.9. The lowest BCUT2D eigenvalue weighted by Crippen LogP contribution is -2.23. The van der Waals surface area contributed by atoms with Crippen molar-refractivity contribution in [3.8, 4) is 21.8 Å². The van der Waals surface area contributed by atoms with E-state index in [9.17, 15) is 4.79 Å². The standard InChI is InChI=1S/C17H14N6OS2/c1-23-9-11(7-21-23)15-12(18-4-5-19-15)8-20-16(24)17-22-13(10-26-17)14-3-2-6-25-14/h2-7,9-10H,8H2,1H3,(H,20,24). The number of nitrogens with one attached hydrogen (secondary N) is 1. The summed E-state index contributed by atoms with van der Waals surface area (Å²) < 4.78 is 1.70. The van der Waals surface area contributed by atoms with Crippen LogP contribution in [0.15, 0.2) is 47.7 Å². The third kappa shape index (κ3) is 3.39. The van der Waals surface area contributed by atoms with E-state index in [4.69, 9.17) is 0 Å². The summed E-state index contributed by atoms with van der Waals surface area (Å²) in [6.07, 6.45) is 6.83. The van der Waals surface area contributed by atoms with Gasteiger partial charge in [-0.15, -0.1) is 22.7 Å². The molecule has 4 rings (SSSR count). The average molecular weight is 382 g/mol. The minimum Gasteiger partial charge on any atom is -0.344 e. The molecular weight excluding hydrogens is 368 g/mol. The molecule has 7 nitrogen and oxygen atoms in total. The van der Waals surface area contributed by atoms with Gasteiger partial charge in [0.25, 0.3) is 5.91 Å². The van der Waals surface area contributed by atoms with Gasteiger partial charge in [-0.3, -0.25) is 19.4 Å². The Kier molecular flexibility index (Phi) is 4.55. The number of amides is 1. The summed E-state index contributed by atoms with van der Waals surface area (Å²) in [5, 5.41) is 11.3. The highest BCUT2D eigenvalue weighted by molar-refractivity contribution is 7.15. The zero-order valence-corrected chi connectivity index (χ0v) is 15.4. The van der Waals surface area contributed by atoms with Crippen molar-refractivity contribution in [3.63, 3.8) is 0 Å².